The molecule has 2 aliphatic heterocycles. The molecule has 39 heavy (non-hydrogen) atoms. The summed E-state index contributed by atoms with van der Waals surface area (Å²) in [4.78, 5) is 38.3. The first-order valence-electron chi connectivity index (χ1n) is 13.9. The Morgan fingerprint density at radius 3 is 2.26 bits per heavy atom. The molecule has 3 aromatic rings. The lowest BCUT2D eigenvalue weighted by atomic mass is 9.84. The van der Waals surface area contributed by atoms with Gasteiger partial charge in [-0.3, -0.25) is 9.59 Å². The minimum Gasteiger partial charge on any atom is -0.381 e. The molecule has 2 aromatic carbocycles. The van der Waals surface area contributed by atoms with Crippen molar-refractivity contribution in [2.45, 2.75) is 25.7 Å². The van der Waals surface area contributed by atoms with E-state index in [1.165, 1.54) is 6.42 Å². The topological polar surface area (TPSA) is 99.7 Å². The SMILES string of the molecule is O=C(Nc1ccc(-c2ccnc(Nc3ccc(N4CCN(C(=O)C5CCC5)CC4)cc3)n2)cc1)C1CCOC1. The summed E-state index contributed by atoms with van der Waals surface area (Å²) in [5, 5.41) is 6.26. The Hall–Kier alpha value is -3.98. The molecule has 1 atom stereocenters. The third-order valence-electron chi connectivity index (χ3n) is 7.94. The van der Waals surface area contributed by atoms with Gasteiger partial charge in [0.2, 0.25) is 17.8 Å². The molecule has 2 saturated heterocycles. The van der Waals surface area contributed by atoms with Gasteiger partial charge in [0.25, 0.3) is 0 Å². The molecule has 2 amide bonds. The maximum atomic E-state index is 12.5. The average molecular weight is 527 g/mol. The van der Waals surface area contributed by atoms with E-state index in [2.05, 4.69) is 37.6 Å². The number of amides is 2. The molecular weight excluding hydrogens is 492 g/mol. The van der Waals surface area contributed by atoms with Crippen LogP contribution < -0.4 is 15.5 Å². The number of carbonyl (C=O) groups excluding carboxylic acids is 2. The van der Waals surface area contributed by atoms with E-state index < -0.39 is 0 Å². The summed E-state index contributed by atoms with van der Waals surface area (Å²) in [5.41, 5.74) is 4.55. The molecule has 9 heteroatoms. The van der Waals surface area contributed by atoms with Crippen molar-refractivity contribution in [3.8, 4) is 11.3 Å². The standard InChI is InChI=1S/C30H34N6O3/c37-28(23-13-19-39-20-23)32-24-6-4-21(5-7-24)27-12-14-31-30(34-27)33-25-8-10-26(11-9-25)35-15-17-36(18-16-35)29(38)22-2-1-3-22/h4-12,14,22-23H,1-3,13,15-20H2,(H,32,37)(H,31,33,34). The van der Waals surface area contributed by atoms with Crippen LogP contribution in [0.15, 0.2) is 60.8 Å². The van der Waals surface area contributed by atoms with Gasteiger partial charge in [-0.15, -0.1) is 0 Å². The largest absolute Gasteiger partial charge is 0.381 e. The van der Waals surface area contributed by atoms with Gasteiger partial charge < -0.3 is 25.2 Å². The number of anilines is 4. The van der Waals surface area contributed by atoms with Crippen LogP contribution >= 0.6 is 0 Å². The fourth-order valence-corrected chi connectivity index (χ4v) is 5.27. The molecule has 0 bridgehead atoms. The number of hydrogen-bond donors (Lipinski definition) is 2. The van der Waals surface area contributed by atoms with E-state index in [1.807, 2.05) is 47.4 Å². The lowest BCUT2D eigenvalue weighted by Gasteiger charge is -2.39. The highest BCUT2D eigenvalue weighted by Gasteiger charge is 2.31. The summed E-state index contributed by atoms with van der Waals surface area (Å²) >= 11 is 0. The fourth-order valence-electron chi connectivity index (χ4n) is 5.27. The van der Waals surface area contributed by atoms with Crippen LogP contribution in [-0.4, -0.2) is 66.1 Å². The van der Waals surface area contributed by atoms with Crippen molar-refractivity contribution in [2.24, 2.45) is 11.8 Å². The Balaban J connectivity index is 1.04. The van der Waals surface area contributed by atoms with Gasteiger partial charge in [-0.05, 0) is 61.7 Å². The minimum absolute atomic E-state index is 0.00102. The molecular formula is C30H34N6O3. The number of benzene rings is 2. The van der Waals surface area contributed by atoms with Gasteiger partial charge in [0.15, 0.2) is 0 Å². The van der Waals surface area contributed by atoms with Crippen molar-refractivity contribution in [3.63, 3.8) is 0 Å². The number of carbonyl (C=O) groups is 2. The van der Waals surface area contributed by atoms with Gasteiger partial charge in [-0.25, -0.2) is 9.97 Å². The Labute approximate surface area is 228 Å². The molecule has 6 rings (SSSR count). The van der Waals surface area contributed by atoms with E-state index in [0.29, 0.717) is 25.1 Å². The van der Waals surface area contributed by atoms with Gasteiger partial charge in [0.1, 0.15) is 0 Å². The van der Waals surface area contributed by atoms with Crippen LogP contribution in [0.5, 0.6) is 0 Å². The summed E-state index contributed by atoms with van der Waals surface area (Å²) in [6.07, 6.45) is 5.81. The van der Waals surface area contributed by atoms with E-state index in [1.54, 1.807) is 6.20 Å². The van der Waals surface area contributed by atoms with Crippen LogP contribution in [-0.2, 0) is 14.3 Å². The zero-order valence-corrected chi connectivity index (χ0v) is 22.0. The van der Waals surface area contributed by atoms with E-state index in [0.717, 1.165) is 73.8 Å². The van der Waals surface area contributed by atoms with Crippen molar-refractivity contribution in [2.75, 3.05) is 54.9 Å². The molecule has 1 unspecified atom stereocenters. The van der Waals surface area contributed by atoms with Gasteiger partial charge in [0.05, 0.1) is 18.2 Å². The highest BCUT2D eigenvalue weighted by Crippen LogP contribution is 2.29. The molecule has 1 aliphatic carbocycles. The van der Waals surface area contributed by atoms with Crippen LogP contribution in [0.3, 0.4) is 0 Å². The lowest BCUT2D eigenvalue weighted by Crippen LogP contribution is -2.51. The molecule has 9 nitrogen and oxygen atoms in total. The Morgan fingerprint density at radius 2 is 1.59 bits per heavy atom. The van der Waals surface area contributed by atoms with Crippen LogP contribution in [0.4, 0.5) is 23.0 Å². The normalized spacial score (nSPS) is 19.4. The summed E-state index contributed by atoms with van der Waals surface area (Å²) in [6.45, 7) is 4.42. The molecule has 3 fully saturated rings. The number of rotatable bonds is 7. The summed E-state index contributed by atoms with van der Waals surface area (Å²) < 4.78 is 5.31. The first kappa shape index (κ1) is 25.3. The van der Waals surface area contributed by atoms with Crippen LogP contribution in [0, 0.1) is 11.8 Å². The van der Waals surface area contributed by atoms with Crippen molar-refractivity contribution in [1.82, 2.24) is 14.9 Å². The number of nitrogens with one attached hydrogen (secondary N) is 2. The second-order valence-corrected chi connectivity index (χ2v) is 10.5. The Morgan fingerprint density at radius 1 is 0.846 bits per heavy atom. The van der Waals surface area contributed by atoms with E-state index >= 15 is 0 Å². The first-order valence-corrected chi connectivity index (χ1v) is 13.9. The number of piperazine rings is 1. The molecule has 0 radical (unpaired) electrons. The summed E-state index contributed by atoms with van der Waals surface area (Å²) in [7, 11) is 0. The van der Waals surface area contributed by atoms with Crippen molar-refractivity contribution < 1.29 is 14.3 Å². The molecule has 2 N–H and O–H groups in total. The Kier molecular flexibility index (Phi) is 7.40. The van der Waals surface area contributed by atoms with E-state index in [9.17, 15) is 9.59 Å². The zero-order chi connectivity index (χ0) is 26.6. The summed E-state index contributed by atoms with van der Waals surface area (Å²) in [5.74, 6) is 1.06. The second-order valence-electron chi connectivity index (χ2n) is 10.5. The zero-order valence-electron chi connectivity index (χ0n) is 22.0. The van der Waals surface area contributed by atoms with Crippen molar-refractivity contribution in [3.05, 3.63) is 60.8 Å². The highest BCUT2D eigenvalue weighted by molar-refractivity contribution is 5.93. The van der Waals surface area contributed by atoms with Crippen molar-refractivity contribution >= 4 is 34.8 Å². The van der Waals surface area contributed by atoms with Crippen LogP contribution in [0.1, 0.15) is 25.7 Å². The molecule has 3 aliphatic rings. The Bertz CT molecular complexity index is 1300. The fraction of sp³-hybridized carbons (Fsp3) is 0.400. The number of aromatic nitrogens is 2. The first-order chi connectivity index (χ1) is 19.1. The van der Waals surface area contributed by atoms with Gasteiger partial charge in [-0.1, -0.05) is 18.6 Å². The van der Waals surface area contributed by atoms with Gasteiger partial charge >= 0.3 is 0 Å². The number of ether oxygens (including phenoxy) is 1. The second kappa shape index (κ2) is 11.4. The van der Waals surface area contributed by atoms with Gasteiger partial charge in [0, 0.05) is 67.5 Å². The quantitative estimate of drug-likeness (QED) is 0.473. The van der Waals surface area contributed by atoms with Crippen molar-refractivity contribution in [1.29, 1.82) is 0 Å². The smallest absolute Gasteiger partial charge is 0.229 e. The molecule has 1 aromatic heterocycles. The average Bonchev–Trinajstić information content (AvgIpc) is 3.49. The highest BCUT2D eigenvalue weighted by atomic mass is 16.5. The predicted octanol–water partition coefficient (Wildman–Crippen LogP) is 4.31. The monoisotopic (exact) mass is 526 g/mol. The maximum Gasteiger partial charge on any atom is 0.229 e. The third kappa shape index (κ3) is 5.88. The molecule has 202 valence electrons. The lowest BCUT2D eigenvalue weighted by molar-refractivity contribution is -0.138. The summed E-state index contributed by atoms with van der Waals surface area (Å²) in [6, 6.07) is 17.8. The van der Waals surface area contributed by atoms with Crippen LogP contribution in [0.2, 0.25) is 0 Å². The molecule has 1 saturated carbocycles. The van der Waals surface area contributed by atoms with Crippen LogP contribution in [0.25, 0.3) is 11.3 Å². The maximum absolute atomic E-state index is 12.5. The predicted molar refractivity (Wildman–Crippen MR) is 151 cm³/mol. The molecule has 3 heterocycles. The van der Waals surface area contributed by atoms with Gasteiger partial charge in [-0.2, -0.15) is 0 Å². The van der Waals surface area contributed by atoms with E-state index in [-0.39, 0.29) is 17.7 Å². The van der Waals surface area contributed by atoms with E-state index in [4.69, 9.17) is 4.74 Å². The number of nitrogens with zero attached hydrogens (tertiary/aromatic N) is 4. The molecule has 0 spiro atoms. The minimum atomic E-state index is -0.0771. The number of hydrogen-bond acceptors (Lipinski definition) is 7. The third-order valence-corrected chi connectivity index (χ3v) is 7.94.